The van der Waals surface area contributed by atoms with Crippen molar-refractivity contribution in [3.8, 4) is 0 Å². The van der Waals surface area contributed by atoms with Gasteiger partial charge in [0, 0.05) is 0 Å². The van der Waals surface area contributed by atoms with E-state index in [9.17, 15) is 44.4 Å². The van der Waals surface area contributed by atoms with Gasteiger partial charge in [-0.3, -0.25) is 4.79 Å². The number of esters is 2. The molecule has 0 saturated carbocycles. The topological polar surface area (TPSA) is 200 Å². The van der Waals surface area contributed by atoms with Crippen molar-refractivity contribution in [2.24, 2.45) is 0 Å². The predicted octanol–water partition coefficient (Wildman–Crippen LogP) is -3.68. The van der Waals surface area contributed by atoms with Gasteiger partial charge in [0.1, 0.15) is 18.8 Å². The Morgan fingerprint density at radius 2 is 1.48 bits per heavy atom. The fourth-order valence-corrected chi connectivity index (χ4v) is 2.67. The second-order valence-corrected chi connectivity index (χ2v) is 7.11. The Morgan fingerprint density at radius 1 is 0.970 bits per heavy atom. The smallest absolute Gasteiger partial charge is 0.337 e. The highest BCUT2D eigenvalue weighted by Gasteiger charge is 2.29. The first kappa shape index (κ1) is 28.0. The molecule has 1 aromatic rings. The lowest BCUT2D eigenvalue weighted by atomic mass is 10.1. The monoisotopic (exact) mass is 475 g/mol. The highest BCUT2D eigenvalue weighted by atomic mass is 16.6. The van der Waals surface area contributed by atoms with Crippen LogP contribution >= 0.6 is 0 Å². The number of aliphatic hydroxyl groups is 4. The molecule has 0 spiro atoms. The molecule has 0 saturated heterocycles. The number of carbonyl (C=O) groups is 2. The fraction of sp³-hybridized carbons (Fsp3) is 0.632. The maximum absolute atomic E-state index is 12.7. The molecule has 14 nitrogen and oxygen atoms in total. The molecule has 1 aromatic heterocycles. The lowest BCUT2D eigenvalue weighted by Crippen LogP contribution is -2.56. The summed E-state index contributed by atoms with van der Waals surface area (Å²) in [5.74, 6) is -2.24. The Morgan fingerprint density at radius 3 is 1.97 bits per heavy atom. The number of hydrogen-bond acceptors (Lipinski definition) is 11. The van der Waals surface area contributed by atoms with Crippen molar-refractivity contribution in [3.05, 3.63) is 44.1 Å². The Labute approximate surface area is 187 Å². The number of aliphatic hydroxyl groups excluding tert-OH is 4. The van der Waals surface area contributed by atoms with Crippen LogP contribution in [-0.4, -0.2) is 84.2 Å². The lowest BCUT2D eigenvalue weighted by molar-refractivity contribution is -0.164. The fourth-order valence-electron chi connectivity index (χ4n) is 2.67. The van der Waals surface area contributed by atoms with Crippen LogP contribution in [0.4, 0.5) is 0 Å². The summed E-state index contributed by atoms with van der Waals surface area (Å²) >= 11 is 0. The Bertz CT molecular complexity index is 1010. The summed E-state index contributed by atoms with van der Waals surface area (Å²) in [6.45, 7) is 2.96. The van der Waals surface area contributed by atoms with E-state index in [1.54, 1.807) is 6.92 Å². The zero-order valence-electron chi connectivity index (χ0n) is 18.3. The van der Waals surface area contributed by atoms with Gasteiger partial charge in [0.2, 0.25) is 0 Å². The van der Waals surface area contributed by atoms with Gasteiger partial charge in [-0.1, -0.05) is 13.0 Å². The largest absolute Gasteiger partial charge is 0.469 e. The van der Waals surface area contributed by atoms with Crippen molar-refractivity contribution in [1.82, 2.24) is 13.7 Å². The minimum atomic E-state index is -2.11. The number of methoxy groups -OCH3 is 1. The third kappa shape index (κ3) is 7.49. The molecule has 1 heterocycles. The SMILES string of the molecule is C=CCn1c(=O)n(CC(O)CC)c(=O)n(CC(O)COC(=O)C(O)C(O)CC(=O)OC)c1=O. The summed E-state index contributed by atoms with van der Waals surface area (Å²) < 4.78 is 10.8. The molecule has 4 atom stereocenters. The van der Waals surface area contributed by atoms with Gasteiger partial charge in [0.15, 0.2) is 6.10 Å². The third-order valence-electron chi connectivity index (χ3n) is 4.58. The summed E-state index contributed by atoms with van der Waals surface area (Å²) in [7, 11) is 1.05. The zero-order valence-corrected chi connectivity index (χ0v) is 18.3. The number of carbonyl (C=O) groups excluding carboxylic acids is 2. The van der Waals surface area contributed by atoms with Gasteiger partial charge in [0.05, 0.1) is 39.3 Å². The summed E-state index contributed by atoms with van der Waals surface area (Å²) in [6, 6.07) is 0. The van der Waals surface area contributed by atoms with Crippen LogP contribution in [-0.2, 0) is 38.7 Å². The molecular weight excluding hydrogens is 446 g/mol. The van der Waals surface area contributed by atoms with Crippen molar-refractivity contribution in [2.45, 2.75) is 63.8 Å². The maximum atomic E-state index is 12.7. The molecule has 0 aliphatic heterocycles. The van der Waals surface area contributed by atoms with Crippen LogP contribution in [0.25, 0.3) is 0 Å². The summed E-state index contributed by atoms with van der Waals surface area (Å²) in [5, 5.41) is 39.3. The summed E-state index contributed by atoms with van der Waals surface area (Å²) in [5.41, 5.74) is -3.10. The first-order valence-electron chi connectivity index (χ1n) is 9.99. The van der Waals surface area contributed by atoms with E-state index in [0.717, 1.165) is 7.11 Å². The number of allylic oxidation sites excluding steroid dienone is 1. The van der Waals surface area contributed by atoms with Gasteiger partial charge >= 0.3 is 29.0 Å². The van der Waals surface area contributed by atoms with E-state index in [1.165, 1.54) is 6.08 Å². The van der Waals surface area contributed by atoms with E-state index in [4.69, 9.17) is 0 Å². The van der Waals surface area contributed by atoms with E-state index >= 15 is 0 Å². The van der Waals surface area contributed by atoms with Crippen molar-refractivity contribution >= 4 is 11.9 Å². The molecule has 33 heavy (non-hydrogen) atoms. The van der Waals surface area contributed by atoms with Crippen LogP contribution in [0.1, 0.15) is 19.8 Å². The molecule has 0 aliphatic rings. The van der Waals surface area contributed by atoms with E-state index < -0.39 is 73.0 Å². The number of ether oxygens (including phenoxy) is 2. The second kappa shape index (κ2) is 12.8. The molecule has 4 unspecified atom stereocenters. The Balaban J connectivity index is 3.04. The predicted molar refractivity (Wildman–Crippen MR) is 111 cm³/mol. The molecule has 0 fully saturated rings. The van der Waals surface area contributed by atoms with E-state index in [1.807, 2.05) is 0 Å². The normalized spacial score (nSPS) is 14.7. The van der Waals surface area contributed by atoms with Crippen LogP contribution < -0.4 is 17.1 Å². The van der Waals surface area contributed by atoms with Gasteiger partial charge in [0.25, 0.3) is 0 Å². The van der Waals surface area contributed by atoms with Crippen LogP contribution in [0.5, 0.6) is 0 Å². The summed E-state index contributed by atoms with van der Waals surface area (Å²) in [6.07, 6.45) is -5.79. The molecular formula is C19H29N3O11. The summed E-state index contributed by atoms with van der Waals surface area (Å²) in [4.78, 5) is 60.6. The van der Waals surface area contributed by atoms with Crippen molar-refractivity contribution < 1.29 is 39.5 Å². The Kier molecular flexibility index (Phi) is 10.9. The lowest BCUT2D eigenvalue weighted by Gasteiger charge is -2.19. The van der Waals surface area contributed by atoms with Crippen molar-refractivity contribution in [3.63, 3.8) is 0 Å². The molecule has 0 aliphatic carbocycles. The molecule has 186 valence electrons. The second-order valence-electron chi connectivity index (χ2n) is 7.11. The van der Waals surface area contributed by atoms with Crippen LogP contribution in [0.15, 0.2) is 27.0 Å². The molecule has 4 N–H and O–H groups in total. The number of nitrogens with zero attached hydrogens (tertiary/aromatic N) is 3. The minimum Gasteiger partial charge on any atom is -0.469 e. The van der Waals surface area contributed by atoms with Gasteiger partial charge in [-0.05, 0) is 6.42 Å². The average Bonchev–Trinajstić information content (AvgIpc) is 2.79. The average molecular weight is 475 g/mol. The van der Waals surface area contributed by atoms with Gasteiger partial charge in [-0.2, -0.15) is 0 Å². The van der Waals surface area contributed by atoms with E-state index in [2.05, 4.69) is 16.1 Å². The van der Waals surface area contributed by atoms with E-state index in [0.29, 0.717) is 13.7 Å². The zero-order chi connectivity index (χ0) is 25.3. The van der Waals surface area contributed by atoms with Gasteiger partial charge in [-0.25, -0.2) is 32.9 Å². The molecule has 14 heteroatoms. The standard InChI is InChI=1S/C19H29N3O11/c1-4-6-20-17(29)21(8-11(23)5-2)19(31)22(18(20)30)9-12(24)10-33-16(28)15(27)13(25)7-14(26)32-3/h4,11-13,15,23-25,27H,1,5-10H2,2-3H3. The first-order chi connectivity index (χ1) is 15.5. The highest BCUT2D eigenvalue weighted by Crippen LogP contribution is 2.04. The van der Waals surface area contributed by atoms with Crippen LogP contribution in [0.3, 0.4) is 0 Å². The third-order valence-corrected chi connectivity index (χ3v) is 4.58. The van der Waals surface area contributed by atoms with E-state index in [-0.39, 0.29) is 19.5 Å². The van der Waals surface area contributed by atoms with Gasteiger partial charge in [-0.15, -0.1) is 6.58 Å². The highest BCUT2D eigenvalue weighted by molar-refractivity contribution is 5.77. The van der Waals surface area contributed by atoms with Crippen molar-refractivity contribution in [1.29, 1.82) is 0 Å². The number of hydrogen-bond donors (Lipinski definition) is 4. The molecule has 0 amide bonds. The first-order valence-corrected chi connectivity index (χ1v) is 9.99. The molecule has 0 bridgehead atoms. The van der Waals surface area contributed by atoms with Crippen molar-refractivity contribution in [2.75, 3.05) is 13.7 Å². The molecule has 0 aromatic carbocycles. The molecule has 0 radical (unpaired) electrons. The van der Waals surface area contributed by atoms with Gasteiger partial charge < -0.3 is 29.9 Å². The Hall–Kier alpha value is -3.07. The number of rotatable bonds is 13. The number of aromatic nitrogens is 3. The van der Waals surface area contributed by atoms with Crippen LogP contribution in [0.2, 0.25) is 0 Å². The quantitative estimate of drug-likeness (QED) is 0.162. The molecule has 1 rings (SSSR count). The maximum Gasteiger partial charge on any atom is 0.337 e. The minimum absolute atomic E-state index is 0.231. The van der Waals surface area contributed by atoms with Crippen LogP contribution in [0, 0.1) is 0 Å².